The normalized spacial score (nSPS) is 11.8. The molecule has 43 heavy (non-hydrogen) atoms. The fourth-order valence-electron chi connectivity index (χ4n) is 4.85. The van der Waals surface area contributed by atoms with Gasteiger partial charge in [0.25, 0.3) is 11.1 Å². The van der Waals surface area contributed by atoms with Gasteiger partial charge in [0.15, 0.2) is 0 Å². The SMILES string of the molecule is Cc1nc2ccccc2c(=O)n1/N=C\c1cc(Cc2ccc(O)c(/C=N\n3c(C)nc4ccccc4c3=O)c2)ccc1O. The van der Waals surface area contributed by atoms with Gasteiger partial charge in [-0.25, -0.2) is 9.97 Å². The molecule has 2 aromatic heterocycles. The lowest BCUT2D eigenvalue weighted by atomic mass is 10.0. The Labute approximate surface area is 245 Å². The van der Waals surface area contributed by atoms with Gasteiger partial charge in [-0.3, -0.25) is 9.59 Å². The number of hydrogen-bond donors (Lipinski definition) is 2. The van der Waals surface area contributed by atoms with Crippen molar-refractivity contribution in [2.24, 2.45) is 10.2 Å². The quantitative estimate of drug-likeness (QED) is 0.283. The van der Waals surface area contributed by atoms with E-state index in [9.17, 15) is 19.8 Å². The van der Waals surface area contributed by atoms with Crippen LogP contribution < -0.4 is 11.1 Å². The predicted molar refractivity (Wildman–Crippen MR) is 166 cm³/mol. The zero-order valence-corrected chi connectivity index (χ0v) is 23.3. The molecule has 0 amide bonds. The molecule has 212 valence electrons. The number of benzene rings is 4. The van der Waals surface area contributed by atoms with Gasteiger partial charge < -0.3 is 10.2 Å². The molecule has 0 saturated carbocycles. The third-order valence-corrected chi connectivity index (χ3v) is 7.05. The van der Waals surface area contributed by atoms with E-state index in [1.165, 1.54) is 21.8 Å². The van der Waals surface area contributed by atoms with Crippen molar-refractivity contribution in [2.75, 3.05) is 0 Å². The van der Waals surface area contributed by atoms with Gasteiger partial charge in [-0.2, -0.15) is 19.6 Å². The first-order valence-electron chi connectivity index (χ1n) is 13.5. The number of aryl methyl sites for hydroxylation is 2. The summed E-state index contributed by atoms with van der Waals surface area (Å²) in [6.07, 6.45) is 3.32. The third kappa shape index (κ3) is 5.41. The minimum Gasteiger partial charge on any atom is -0.507 e. The Kier molecular flexibility index (Phi) is 7.09. The van der Waals surface area contributed by atoms with Crippen LogP contribution in [-0.4, -0.2) is 42.0 Å². The molecule has 0 bridgehead atoms. The molecule has 0 aliphatic heterocycles. The summed E-state index contributed by atoms with van der Waals surface area (Å²) in [4.78, 5) is 34.8. The maximum absolute atomic E-state index is 13.0. The second-order valence-electron chi connectivity index (χ2n) is 10.0. The maximum atomic E-state index is 13.0. The number of aromatic nitrogens is 4. The average molecular weight is 571 g/mol. The van der Waals surface area contributed by atoms with Crippen LogP contribution in [0.15, 0.2) is 105 Å². The number of para-hydroxylation sites is 2. The van der Waals surface area contributed by atoms with Gasteiger partial charge in [0.05, 0.1) is 34.2 Å². The number of fused-ring (bicyclic) bond motifs is 2. The fourth-order valence-corrected chi connectivity index (χ4v) is 4.85. The van der Waals surface area contributed by atoms with Crippen LogP contribution in [0.2, 0.25) is 0 Å². The summed E-state index contributed by atoms with van der Waals surface area (Å²) in [7, 11) is 0. The number of phenols is 2. The fraction of sp³-hybridized carbons (Fsp3) is 0.0909. The van der Waals surface area contributed by atoms with Crippen LogP contribution in [0.25, 0.3) is 21.8 Å². The van der Waals surface area contributed by atoms with Gasteiger partial charge in [-0.15, -0.1) is 0 Å². The largest absolute Gasteiger partial charge is 0.507 e. The summed E-state index contributed by atoms with van der Waals surface area (Å²) >= 11 is 0. The highest BCUT2D eigenvalue weighted by molar-refractivity contribution is 5.85. The monoisotopic (exact) mass is 570 g/mol. The predicted octanol–water partition coefficient (Wildman–Crippen LogP) is 4.49. The van der Waals surface area contributed by atoms with Crippen LogP contribution >= 0.6 is 0 Å². The van der Waals surface area contributed by atoms with Gasteiger partial charge in [0.2, 0.25) is 0 Å². The smallest absolute Gasteiger partial charge is 0.282 e. The minimum absolute atomic E-state index is 0.00952. The topological polar surface area (TPSA) is 135 Å². The molecule has 10 nitrogen and oxygen atoms in total. The van der Waals surface area contributed by atoms with Gasteiger partial charge in [0, 0.05) is 11.1 Å². The summed E-state index contributed by atoms with van der Waals surface area (Å²) in [5.74, 6) is 0.863. The Morgan fingerprint density at radius 3 is 1.51 bits per heavy atom. The summed E-state index contributed by atoms with van der Waals surface area (Å²) in [6, 6.07) is 24.4. The first-order chi connectivity index (χ1) is 20.8. The number of nitrogens with zero attached hydrogens (tertiary/aromatic N) is 6. The molecule has 2 heterocycles. The van der Waals surface area contributed by atoms with E-state index in [1.54, 1.807) is 86.6 Å². The minimum atomic E-state index is -0.301. The van der Waals surface area contributed by atoms with Crippen molar-refractivity contribution in [3.8, 4) is 11.5 Å². The molecule has 6 rings (SSSR count). The second kappa shape index (κ2) is 11.2. The summed E-state index contributed by atoms with van der Waals surface area (Å²) in [5.41, 5.74) is 3.16. The molecule has 4 aromatic carbocycles. The molecular formula is C33H26N6O4. The van der Waals surface area contributed by atoms with E-state index >= 15 is 0 Å². The average Bonchev–Trinajstić information content (AvgIpc) is 3.00. The van der Waals surface area contributed by atoms with Crippen LogP contribution in [0.3, 0.4) is 0 Å². The van der Waals surface area contributed by atoms with Crippen molar-refractivity contribution in [3.05, 3.63) is 140 Å². The first-order valence-corrected chi connectivity index (χ1v) is 13.5. The second-order valence-corrected chi connectivity index (χ2v) is 10.0. The van der Waals surface area contributed by atoms with Crippen LogP contribution in [0, 0.1) is 13.8 Å². The number of hydrogen-bond acceptors (Lipinski definition) is 8. The third-order valence-electron chi connectivity index (χ3n) is 7.05. The number of aromatic hydroxyl groups is 2. The Morgan fingerprint density at radius 1 is 0.651 bits per heavy atom. The van der Waals surface area contributed by atoms with E-state index < -0.39 is 0 Å². The van der Waals surface area contributed by atoms with Crippen LogP contribution in [0.4, 0.5) is 0 Å². The number of phenolic OH excluding ortho intramolecular Hbond substituents is 2. The Morgan fingerprint density at radius 2 is 1.07 bits per heavy atom. The molecule has 0 radical (unpaired) electrons. The van der Waals surface area contributed by atoms with Crippen molar-refractivity contribution in [1.82, 2.24) is 19.3 Å². The Bertz CT molecular complexity index is 2060. The standard InChI is InChI=1S/C33H26N6O4/c1-20-36-28-9-5-3-7-26(28)32(42)38(20)34-18-24-16-22(11-13-30(24)40)15-23-12-14-31(41)25(17-23)19-35-39-21(2)37-29-10-6-4-8-27(29)33(39)43/h3-14,16-19,40-41H,15H2,1-2H3/b34-18-,35-19-. The van der Waals surface area contributed by atoms with Crippen LogP contribution in [0.5, 0.6) is 11.5 Å². The lowest BCUT2D eigenvalue weighted by Crippen LogP contribution is -2.20. The van der Waals surface area contributed by atoms with Crippen molar-refractivity contribution >= 4 is 34.2 Å². The lowest BCUT2D eigenvalue weighted by Gasteiger charge is -2.08. The Hall–Kier alpha value is -5.90. The van der Waals surface area contributed by atoms with Crippen LogP contribution in [0.1, 0.15) is 33.9 Å². The van der Waals surface area contributed by atoms with Crippen molar-refractivity contribution < 1.29 is 10.2 Å². The van der Waals surface area contributed by atoms with E-state index in [2.05, 4.69) is 20.2 Å². The lowest BCUT2D eigenvalue weighted by molar-refractivity contribution is 0.474. The van der Waals surface area contributed by atoms with E-state index in [1.807, 2.05) is 12.1 Å². The number of rotatable bonds is 6. The maximum Gasteiger partial charge on any atom is 0.282 e. The zero-order chi connectivity index (χ0) is 30.1. The van der Waals surface area contributed by atoms with Gasteiger partial charge in [-0.1, -0.05) is 36.4 Å². The molecule has 10 heteroatoms. The van der Waals surface area contributed by atoms with Crippen molar-refractivity contribution in [1.29, 1.82) is 0 Å². The van der Waals surface area contributed by atoms with Crippen molar-refractivity contribution in [2.45, 2.75) is 20.3 Å². The molecule has 6 aromatic rings. The molecule has 0 fully saturated rings. The Balaban J connectivity index is 1.27. The molecule has 2 N–H and O–H groups in total. The molecule has 0 atom stereocenters. The summed E-state index contributed by atoms with van der Waals surface area (Å²) in [5, 5.41) is 30.5. The molecule has 0 aliphatic carbocycles. The van der Waals surface area contributed by atoms with Gasteiger partial charge in [0.1, 0.15) is 23.1 Å². The molecule has 0 spiro atoms. The van der Waals surface area contributed by atoms with E-state index in [0.717, 1.165) is 11.1 Å². The molecular weight excluding hydrogens is 544 g/mol. The molecule has 0 unspecified atom stereocenters. The van der Waals surface area contributed by atoms with Gasteiger partial charge in [-0.05, 0) is 79.9 Å². The van der Waals surface area contributed by atoms with E-state index in [4.69, 9.17) is 0 Å². The molecule has 0 aliphatic rings. The highest BCUT2D eigenvalue weighted by Crippen LogP contribution is 2.22. The van der Waals surface area contributed by atoms with E-state index in [0.29, 0.717) is 51.0 Å². The summed E-state index contributed by atoms with van der Waals surface area (Å²) < 4.78 is 2.41. The van der Waals surface area contributed by atoms with Gasteiger partial charge >= 0.3 is 0 Å². The molecule has 0 saturated heterocycles. The summed E-state index contributed by atoms with van der Waals surface area (Å²) in [6.45, 7) is 3.39. The van der Waals surface area contributed by atoms with Crippen LogP contribution in [-0.2, 0) is 6.42 Å². The highest BCUT2D eigenvalue weighted by Gasteiger charge is 2.10. The van der Waals surface area contributed by atoms with E-state index in [-0.39, 0.29) is 22.6 Å². The first kappa shape index (κ1) is 27.3. The van der Waals surface area contributed by atoms with Crippen molar-refractivity contribution in [3.63, 3.8) is 0 Å². The highest BCUT2D eigenvalue weighted by atomic mass is 16.3. The zero-order valence-electron chi connectivity index (χ0n) is 23.3.